The highest BCUT2D eigenvalue weighted by molar-refractivity contribution is 5.78. The minimum atomic E-state index is -0.284. The van der Waals surface area contributed by atoms with Crippen LogP contribution in [-0.4, -0.2) is 12.6 Å². The predicted molar refractivity (Wildman–Crippen MR) is 67.6 cm³/mol. The zero-order valence-corrected chi connectivity index (χ0v) is 10.3. The summed E-state index contributed by atoms with van der Waals surface area (Å²) in [4.78, 5) is 0. The van der Waals surface area contributed by atoms with Gasteiger partial charge < -0.3 is 9.73 Å². The molecule has 0 saturated carbocycles. The number of halogens is 1. The molecule has 2 nitrogen and oxygen atoms in total. The van der Waals surface area contributed by atoms with E-state index in [1.165, 1.54) is 6.07 Å². The topological polar surface area (TPSA) is 25.2 Å². The molecule has 1 N–H and O–H groups in total. The number of hydrogen-bond donors (Lipinski definition) is 1. The van der Waals surface area contributed by atoms with Crippen LogP contribution in [0.3, 0.4) is 0 Å². The highest BCUT2D eigenvalue weighted by Crippen LogP contribution is 2.22. The van der Waals surface area contributed by atoms with E-state index < -0.39 is 0 Å². The summed E-state index contributed by atoms with van der Waals surface area (Å²) in [5.74, 6) is 0.573. The minimum absolute atomic E-state index is 0.284. The highest BCUT2D eigenvalue weighted by Gasteiger charge is 2.09. The number of rotatable bonds is 5. The lowest BCUT2D eigenvalue weighted by molar-refractivity contribution is 0.475. The molecule has 0 aliphatic heterocycles. The quantitative estimate of drug-likeness (QED) is 0.858. The Morgan fingerprint density at radius 2 is 2.24 bits per heavy atom. The third-order valence-electron chi connectivity index (χ3n) is 2.92. The number of aryl methyl sites for hydroxylation is 1. The Hall–Kier alpha value is -1.35. The van der Waals surface area contributed by atoms with Crippen molar-refractivity contribution in [2.45, 2.75) is 32.7 Å². The van der Waals surface area contributed by atoms with Crippen molar-refractivity contribution in [3.8, 4) is 0 Å². The first-order chi connectivity index (χ1) is 8.20. The van der Waals surface area contributed by atoms with Gasteiger partial charge in [0.15, 0.2) is 11.4 Å². The van der Waals surface area contributed by atoms with E-state index in [1.54, 1.807) is 6.07 Å². The van der Waals surface area contributed by atoms with Gasteiger partial charge in [-0.15, -0.1) is 0 Å². The van der Waals surface area contributed by atoms with Crippen LogP contribution in [0.4, 0.5) is 4.39 Å². The first-order valence-electron chi connectivity index (χ1n) is 6.11. The van der Waals surface area contributed by atoms with Crippen LogP contribution in [0.2, 0.25) is 0 Å². The van der Waals surface area contributed by atoms with Crippen molar-refractivity contribution >= 4 is 11.0 Å². The summed E-state index contributed by atoms with van der Waals surface area (Å²) in [6.07, 6.45) is 1.83. The summed E-state index contributed by atoms with van der Waals surface area (Å²) >= 11 is 0. The molecule has 0 radical (unpaired) electrons. The zero-order valence-electron chi connectivity index (χ0n) is 10.3. The maximum atomic E-state index is 13.4. The maximum absolute atomic E-state index is 13.4. The number of hydrogen-bond acceptors (Lipinski definition) is 2. The van der Waals surface area contributed by atoms with E-state index in [4.69, 9.17) is 4.42 Å². The molecule has 0 spiro atoms. The number of benzene rings is 1. The van der Waals surface area contributed by atoms with Crippen molar-refractivity contribution in [2.75, 3.05) is 6.54 Å². The minimum Gasteiger partial charge on any atom is -0.458 e. The van der Waals surface area contributed by atoms with Crippen LogP contribution in [0, 0.1) is 5.82 Å². The third-order valence-corrected chi connectivity index (χ3v) is 2.92. The number of fused-ring (bicyclic) bond motifs is 1. The zero-order chi connectivity index (χ0) is 12.3. The van der Waals surface area contributed by atoms with Gasteiger partial charge in [-0.05, 0) is 32.0 Å². The summed E-state index contributed by atoms with van der Waals surface area (Å²) in [7, 11) is 0. The molecule has 0 bridgehead atoms. The van der Waals surface area contributed by atoms with Crippen molar-refractivity contribution in [3.63, 3.8) is 0 Å². The molecule has 1 aromatic heterocycles. The summed E-state index contributed by atoms with van der Waals surface area (Å²) in [5, 5.41) is 4.19. The first kappa shape index (κ1) is 12.1. The third kappa shape index (κ3) is 2.86. The molecule has 1 heterocycles. The molecule has 92 valence electrons. The van der Waals surface area contributed by atoms with Crippen LogP contribution in [-0.2, 0) is 6.42 Å². The fraction of sp³-hybridized carbons (Fsp3) is 0.429. The molecule has 0 saturated heterocycles. The Balaban J connectivity index is 2.07. The molecule has 2 rings (SSSR count). The summed E-state index contributed by atoms with van der Waals surface area (Å²) in [6.45, 7) is 5.20. The summed E-state index contributed by atoms with van der Waals surface area (Å²) in [6, 6.07) is 7.39. The SMILES string of the molecule is CCNC(C)CCc1cc2cccc(F)c2o1. The van der Waals surface area contributed by atoms with Crippen molar-refractivity contribution in [1.82, 2.24) is 5.32 Å². The highest BCUT2D eigenvalue weighted by atomic mass is 19.1. The van der Waals surface area contributed by atoms with Gasteiger partial charge in [-0.3, -0.25) is 0 Å². The molecule has 1 aromatic carbocycles. The van der Waals surface area contributed by atoms with Gasteiger partial charge >= 0.3 is 0 Å². The van der Waals surface area contributed by atoms with Gasteiger partial charge in [-0.25, -0.2) is 4.39 Å². The van der Waals surface area contributed by atoms with Gasteiger partial charge in [0.25, 0.3) is 0 Å². The van der Waals surface area contributed by atoms with Gasteiger partial charge in [-0.2, -0.15) is 0 Å². The summed E-state index contributed by atoms with van der Waals surface area (Å²) < 4.78 is 18.9. The Kier molecular flexibility index (Phi) is 3.79. The lowest BCUT2D eigenvalue weighted by atomic mass is 10.1. The number of nitrogens with one attached hydrogen (secondary N) is 1. The van der Waals surface area contributed by atoms with Crippen molar-refractivity contribution < 1.29 is 8.81 Å². The molecule has 1 atom stereocenters. The van der Waals surface area contributed by atoms with Crippen LogP contribution in [0.25, 0.3) is 11.0 Å². The van der Waals surface area contributed by atoms with E-state index in [-0.39, 0.29) is 5.82 Å². The molecule has 17 heavy (non-hydrogen) atoms. The molecule has 2 aromatic rings. The standard InChI is InChI=1S/C14H18FNO/c1-3-16-10(2)7-8-12-9-11-5-4-6-13(15)14(11)17-12/h4-6,9-10,16H,3,7-8H2,1-2H3. The monoisotopic (exact) mass is 235 g/mol. The van der Waals surface area contributed by atoms with Crippen LogP contribution in [0.5, 0.6) is 0 Å². The van der Waals surface area contributed by atoms with E-state index in [2.05, 4.69) is 19.2 Å². The van der Waals surface area contributed by atoms with Gasteiger partial charge in [0.05, 0.1) is 0 Å². The molecule has 0 aliphatic rings. The maximum Gasteiger partial charge on any atom is 0.169 e. The molecule has 0 aliphatic carbocycles. The molecular formula is C14H18FNO. The average molecular weight is 235 g/mol. The second kappa shape index (κ2) is 5.32. The Labute approximate surface area is 101 Å². The van der Waals surface area contributed by atoms with Crippen LogP contribution >= 0.6 is 0 Å². The average Bonchev–Trinajstić information content (AvgIpc) is 2.71. The van der Waals surface area contributed by atoms with Crippen LogP contribution in [0.1, 0.15) is 26.0 Å². The molecular weight excluding hydrogens is 217 g/mol. The summed E-state index contributed by atoms with van der Waals surface area (Å²) in [5.41, 5.74) is 0.374. The number of para-hydroxylation sites is 1. The van der Waals surface area contributed by atoms with Gasteiger partial charge in [0.1, 0.15) is 5.76 Å². The Morgan fingerprint density at radius 3 is 2.94 bits per heavy atom. The van der Waals surface area contributed by atoms with Gasteiger partial charge in [0, 0.05) is 17.8 Å². The first-order valence-corrected chi connectivity index (χ1v) is 6.11. The number of furan rings is 1. The van der Waals surface area contributed by atoms with E-state index in [9.17, 15) is 4.39 Å². The molecule has 0 fully saturated rings. The van der Waals surface area contributed by atoms with Crippen molar-refractivity contribution in [2.24, 2.45) is 0 Å². The Morgan fingerprint density at radius 1 is 1.41 bits per heavy atom. The lowest BCUT2D eigenvalue weighted by Gasteiger charge is -2.10. The largest absolute Gasteiger partial charge is 0.458 e. The van der Waals surface area contributed by atoms with Crippen molar-refractivity contribution in [1.29, 1.82) is 0 Å². The van der Waals surface area contributed by atoms with E-state index in [0.29, 0.717) is 11.6 Å². The normalized spacial score (nSPS) is 13.1. The van der Waals surface area contributed by atoms with E-state index >= 15 is 0 Å². The van der Waals surface area contributed by atoms with E-state index in [1.807, 2.05) is 12.1 Å². The lowest BCUT2D eigenvalue weighted by Crippen LogP contribution is -2.25. The molecule has 0 amide bonds. The molecule has 1 unspecified atom stereocenters. The fourth-order valence-electron chi connectivity index (χ4n) is 2.01. The predicted octanol–water partition coefficient (Wildman–Crippen LogP) is 3.50. The van der Waals surface area contributed by atoms with Crippen LogP contribution < -0.4 is 5.32 Å². The fourth-order valence-corrected chi connectivity index (χ4v) is 2.01. The Bertz CT molecular complexity index is 492. The van der Waals surface area contributed by atoms with Crippen molar-refractivity contribution in [3.05, 3.63) is 35.8 Å². The van der Waals surface area contributed by atoms with Gasteiger partial charge in [0.2, 0.25) is 0 Å². The van der Waals surface area contributed by atoms with Gasteiger partial charge in [-0.1, -0.05) is 19.1 Å². The molecule has 3 heteroatoms. The smallest absolute Gasteiger partial charge is 0.169 e. The van der Waals surface area contributed by atoms with Crippen LogP contribution in [0.15, 0.2) is 28.7 Å². The second-order valence-electron chi connectivity index (χ2n) is 4.37. The van der Waals surface area contributed by atoms with E-state index in [0.717, 1.165) is 30.5 Å². The second-order valence-corrected chi connectivity index (χ2v) is 4.37.